The maximum atomic E-state index is 12.9. The Morgan fingerprint density at radius 2 is 1.38 bits per heavy atom. The summed E-state index contributed by atoms with van der Waals surface area (Å²) in [5, 5.41) is 0. The van der Waals surface area contributed by atoms with E-state index >= 15 is 0 Å². The fourth-order valence-electron chi connectivity index (χ4n) is 2.21. The molecule has 0 bridgehead atoms. The van der Waals surface area contributed by atoms with Crippen molar-refractivity contribution in [2.24, 2.45) is 0 Å². The lowest BCUT2D eigenvalue weighted by atomic mass is 10.1. The van der Waals surface area contributed by atoms with Crippen molar-refractivity contribution in [2.45, 2.75) is 18.8 Å². The van der Waals surface area contributed by atoms with Crippen LogP contribution in [0.25, 0.3) is 0 Å². The van der Waals surface area contributed by atoms with E-state index in [1.165, 1.54) is 0 Å². The molecule has 0 spiro atoms. The van der Waals surface area contributed by atoms with Crippen molar-refractivity contribution < 1.29 is 13.5 Å². The summed E-state index contributed by atoms with van der Waals surface area (Å²) in [7, 11) is 0. The molecule has 2 aliphatic heterocycles. The Hall–Kier alpha value is -0.260. The maximum absolute atomic E-state index is 12.9. The van der Waals surface area contributed by atoms with E-state index in [1.54, 1.807) is 0 Å². The molecule has 0 saturated carbocycles. The van der Waals surface area contributed by atoms with Gasteiger partial charge in [-0.25, -0.2) is 8.78 Å². The molecule has 0 amide bonds. The predicted octanol–water partition coefficient (Wildman–Crippen LogP) is 1.05. The van der Waals surface area contributed by atoms with Gasteiger partial charge in [-0.05, 0) is 0 Å². The van der Waals surface area contributed by atoms with Gasteiger partial charge in [0, 0.05) is 52.1 Å². The fourth-order valence-corrected chi connectivity index (χ4v) is 2.21. The monoisotopic (exact) mass is 234 g/mol. The molecular weight excluding hydrogens is 214 g/mol. The summed E-state index contributed by atoms with van der Waals surface area (Å²) in [6.07, 6.45) is 0.0478. The summed E-state index contributed by atoms with van der Waals surface area (Å²) in [4.78, 5) is 4.49. The highest BCUT2D eigenvalue weighted by Crippen LogP contribution is 2.27. The van der Waals surface area contributed by atoms with Gasteiger partial charge in [-0.2, -0.15) is 0 Å². The number of ether oxygens (including phenoxy) is 1. The first-order valence-corrected chi connectivity index (χ1v) is 6.06. The smallest absolute Gasteiger partial charge is 0.250 e. The van der Waals surface area contributed by atoms with Gasteiger partial charge in [0.1, 0.15) is 0 Å². The van der Waals surface area contributed by atoms with Crippen molar-refractivity contribution in [3.8, 4) is 0 Å². The Kier molecular flexibility index (Phi) is 4.10. The molecule has 16 heavy (non-hydrogen) atoms. The van der Waals surface area contributed by atoms with Gasteiger partial charge in [0.05, 0.1) is 13.2 Å². The Balaban J connectivity index is 1.63. The number of rotatable bonds is 3. The van der Waals surface area contributed by atoms with Crippen molar-refractivity contribution >= 4 is 0 Å². The number of morpholine rings is 1. The minimum atomic E-state index is -2.42. The van der Waals surface area contributed by atoms with Crippen LogP contribution in [0.15, 0.2) is 0 Å². The van der Waals surface area contributed by atoms with E-state index in [2.05, 4.69) is 9.80 Å². The molecule has 94 valence electrons. The summed E-state index contributed by atoms with van der Waals surface area (Å²) in [5.74, 6) is -2.42. The minimum absolute atomic E-state index is 0.0239. The van der Waals surface area contributed by atoms with Crippen LogP contribution in [0, 0.1) is 0 Å². The van der Waals surface area contributed by atoms with Gasteiger partial charge in [0.2, 0.25) is 0 Å². The zero-order valence-corrected chi connectivity index (χ0v) is 9.63. The quantitative estimate of drug-likeness (QED) is 0.726. The highest BCUT2D eigenvalue weighted by molar-refractivity contribution is 4.78. The van der Waals surface area contributed by atoms with E-state index in [9.17, 15) is 8.78 Å². The Bertz CT molecular complexity index is 210. The Morgan fingerprint density at radius 1 is 0.875 bits per heavy atom. The summed E-state index contributed by atoms with van der Waals surface area (Å²) < 4.78 is 31.1. The molecule has 0 atom stereocenters. The number of hydrogen-bond donors (Lipinski definition) is 0. The third-order valence-corrected chi connectivity index (χ3v) is 3.42. The third kappa shape index (κ3) is 3.64. The lowest BCUT2D eigenvalue weighted by molar-refractivity contribution is -0.0572. The standard InChI is InChI=1S/C11H20F2N2O/c12-11(13)1-3-14(4-2-11)5-6-15-7-9-16-10-8-15/h1-10H2. The molecular formula is C11H20F2N2O. The average Bonchev–Trinajstić information content (AvgIpc) is 2.29. The molecule has 0 aromatic carbocycles. The summed E-state index contributed by atoms with van der Waals surface area (Å²) >= 11 is 0. The van der Waals surface area contributed by atoms with Gasteiger partial charge in [0.25, 0.3) is 5.92 Å². The van der Waals surface area contributed by atoms with Crippen LogP contribution in [0.5, 0.6) is 0 Å². The second kappa shape index (κ2) is 5.38. The molecule has 0 N–H and O–H groups in total. The first kappa shape index (κ1) is 12.2. The van der Waals surface area contributed by atoms with Crippen molar-refractivity contribution in [2.75, 3.05) is 52.5 Å². The molecule has 0 aromatic rings. The molecule has 0 aromatic heterocycles. The summed E-state index contributed by atoms with van der Waals surface area (Å²) in [6, 6.07) is 0. The minimum Gasteiger partial charge on any atom is -0.379 e. The van der Waals surface area contributed by atoms with Crippen LogP contribution in [0.2, 0.25) is 0 Å². The molecule has 5 heteroatoms. The largest absolute Gasteiger partial charge is 0.379 e. The highest BCUT2D eigenvalue weighted by atomic mass is 19.3. The molecule has 2 rings (SSSR count). The van der Waals surface area contributed by atoms with Gasteiger partial charge in [-0.15, -0.1) is 0 Å². The van der Waals surface area contributed by atoms with Gasteiger partial charge in [-0.3, -0.25) is 4.90 Å². The number of nitrogens with zero attached hydrogens (tertiary/aromatic N) is 2. The first-order valence-electron chi connectivity index (χ1n) is 6.06. The fraction of sp³-hybridized carbons (Fsp3) is 1.00. The molecule has 2 aliphatic rings. The topological polar surface area (TPSA) is 15.7 Å². The van der Waals surface area contributed by atoms with E-state index in [1.807, 2.05) is 0 Å². The van der Waals surface area contributed by atoms with Crippen molar-refractivity contribution in [1.82, 2.24) is 9.80 Å². The van der Waals surface area contributed by atoms with Crippen LogP contribution in [0.3, 0.4) is 0 Å². The molecule has 2 saturated heterocycles. The number of hydrogen-bond acceptors (Lipinski definition) is 3. The predicted molar refractivity (Wildman–Crippen MR) is 57.9 cm³/mol. The van der Waals surface area contributed by atoms with Crippen LogP contribution >= 0.6 is 0 Å². The zero-order chi connectivity index (χ0) is 11.4. The van der Waals surface area contributed by atoms with Crippen molar-refractivity contribution in [1.29, 1.82) is 0 Å². The van der Waals surface area contributed by atoms with Crippen LogP contribution in [0.4, 0.5) is 8.78 Å². The van der Waals surface area contributed by atoms with E-state index in [0.29, 0.717) is 13.1 Å². The number of halogens is 2. The number of piperidine rings is 1. The first-order chi connectivity index (χ1) is 7.66. The lowest BCUT2D eigenvalue weighted by Crippen LogP contribution is -2.45. The summed E-state index contributed by atoms with van der Waals surface area (Å²) in [5.41, 5.74) is 0. The maximum Gasteiger partial charge on any atom is 0.250 e. The van der Waals surface area contributed by atoms with Crippen molar-refractivity contribution in [3.63, 3.8) is 0 Å². The van der Waals surface area contributed by atoms with E-state index in [4.69, 9.17) is 4.74 Å². The molecule has 0 radical (unpaired) electrons. The number of likely N-dealkylation sites (tertiary alicyclic amines) is 1. The van der Waals surface area contributed by atoms with Crippen LogP contribution in [-0.4, -0.2) is 68.2 Å². The second-order valence-corrected chi connectivity index (χ2v) is 4.65. The molecule has 2 fully saturated rings. The van der Waals surface area contributed by atoms with Gasteiger partial charge < -0.3 is 9.64 Å². The van der Waals surface area contributed by atoms with Crippen LogP contribution in [0.1, 0.15) is 12.8 Å². The van der Waals surface area contributed by atoms with Gasteiger partial charge in [0.15, 0.2) is 0 Å². The second-order valence-electron chi connectivity index (χ2n) is 4.65. The van der Waals surface area contributed by atoms with Gasteiger partial charge in [-0.1, -0.05) is 0 Å². The number of alkyl halides is 2. The molecule has 2 heterocycles. The highest BCUT2D eigenvalue weighted by Gasteiger charge is 2.33. The lowest BCUT2D eigenvalue weighted by Gasteiger charge is -2.34. The Labute approximate surface area is 95.3 Å². The van der Waals surface area contributed by atoms with Crippen LogP contribution < -0.4 is 0 Å². The van der Waals surface area contributed by atoms with Crippen LogP contribution in [-0.2, 0) is 4.74 Å². The van der Waals surface area contributed by atoms with E-state index in [-0.39, 0.29) is 12.8 Å². The molecule has 0 aliphatic carbocycles. The Morgan fingerprint density at radius 3 is 1.94 bits per heavy atom. The molecule has 0 unspecified atom stereocenters. The normalized spacial score (nSPS) is 28.1. The average molecular weight is 234 g/mol. The van der Waals surface area contributed by atoms with E-state index in [0.717, 1.165) is 39.4 Å². The third-order valence-electron chi connectivity index (χ3n) is 3.42. The SMILES string of the molecule is FC1(F)CCN(CCN2CCOCC2)CC1. The zero-order valence-electron chi connectivity index (χ0n) is 9.63. The van der Waals surface area contributed by atoms with E-state index < -0.39 is 5.92 Å². The summed E-state index contributed by atoms with van der Waals surface area (Å²) in [6.45, 7) is 6.53. The molecule has 3 nitrogen and oxygen atoms in total. The van der Waals surface area contributed by atoms with Gasteiger partial charge >= 0.3 is 0 Å². The van der Waals surface area contributed by atoms with Crippen molar-refractivity contribution in [3.05, 3.63) is 0 Å².